The molecule has 15 heavy (non-hydrogen) atoms. The summed E-state index contributed by atoms with van der Waals surface area (Å²) in [5, 5.41) is 10.8. The molecular formula is C12H14ClNO. The first-order valence-corrected chi connectivity index (χ1v) is 5.44. The second-order valence-corrected chi connectivity index (χ2v) is 4.19. The molecule has 0 aliphatic heterocycles. The summed E-state index contributed by atoms with van der Waals surface area (Å²) < 4.78 is 2.08. The fraction of sp³-hybridized carbons (Fsp3) is 0.333. The molecule has 3 heteroatoms. The van der Waals surface area contributed by atoms with E-state index in [1.807, 2.05) is 25.2 Å². The molecule has 0 saturated heterocycles. The maximum Gasteiger partial charge on any atom is 0.0495 e. The van der Waals surface area contributed by atoms with Gasteiger partial charge in [-0.3, -0.25) is 0 Å². The summed E-state index contributed by atoms with van der Waals surface area (Å²) in [7, 11) is 2.01. The summed E-state index contributed by atoms with van der Waals surface area (Å²) in [4.78, 5) is 0. The topological polar surface area (TPSA) is 25.2 Å². The Kier molecular flexibility index (Phi) is 2.98. The largest absolute Gasteiger partial charge is 0.396 e. The van der Waals surface area contributed by atoms with Gasteiger partial charge in [0.2, 0.25) is 0 Å². The van der Waals surface area contributed by atoms with Gasteiger partial charge in [-0.15, -0.1) is 0 Å². The molecule has 0 fully saturated rings. The number of hydrogen-bond donors (Lipinski definition) is 1. The van der Waals surface area contributed by atoms with Gasteiger partial charge in [0.15, 0.2) is 0 Å². The highest BCUT2D eigenvalue weighted by Gasteiger charge is 2.06. The van der Waals surface area contributed by atoms with Crippen molar-refractivity contribution in [1.82, 2.24) is 4.57 Å². The summed E-state index contributed by atoms with van der Waals surface area (Å²) in [6, 6.07) is 5.93. The van der Waals surface area contributed by atoms with E-state index in [0.717, 1.165) is 23.4 Å². The van der Waals surface area contributed by atoms with Gasteiger partial charge in [-0.05, 0) is 30.5 Å². The van der Waals surface area contributed by atoms with E-state index in [-0.39, 0.29) is 6.61 Å². The number of aromatic nitrogens is 1. The summed E-state index contributed by atoms with van der Waals surface area (Å²) in [6.45, 7) is 0.240. The maximum atomic E-state index is 8.82. The summed E-state index contributed by atoms with van der Waals surface area (Å²) in [5.41, 5.74) is 2.42. The van der Waals surface area contributed by atoms with Crippen LogP contribution in [0.2, 0.25) is 5.02 Å². The Bertz CT molecular complexity index is 476. The number of halogens is 1. The molecule has 0 atom stereocenters. The molecule has 2 aromatic rings. The van der Waals surface area contributed by atoms with E-state index < -0.39 is 0 Å². The number of fused-ring (bicyclic) bond motifs is 1. The fourth-order valence-corrected chi connectivity index (χ4v) is 2.08. The number of aliphatic hydroxyl groups is 1. The number of aryl methyl sites for hydroxylation is 2. The highest BCUT2D eigenvalue weighted by atomic mass is 35.5. The van der Waals surface area contributed by atoms with Crippen molar-refractivity contribution >= 4 is 22.5 Å². The van der Waals surface area contributed by atoms with Crippen molar-refractivity contribution < 1.29 is 5.11 Å². The van der Waals surface area contributed by atoms with Crippen LogP contribution in [0.25, 0.3) is 10.9 Å². The fourth-order valence-electron chi connectivity index (χ4n) is 1.91. The van der Waals surface area contributed by atoms with E-state index in [1.54, 1.807) is 0 Å². The Labute approximate surface area is 94.1 Å². The first kappa shape index (κ1) is 10.5. The van der Waals surface area contributed by atoms with Gasteiger partial charge in [0.05, 0.1) is 0 Å². The van der Waals surface area contributed by atoms with Gasteiger partial charge in [0.25, 0.3) is 0 Å². The molecular weight excluding hydrogens is 210 g/mol. The Morgan fingerprint density at radius 2 is 2.20 bits per heavy atom. The van der Waals surface area contributed by atoms with Crippen LogP contribution >= 0.6 is 11.6 Å². The minimum Gasteiger partial charge on any atom is -0.396 e. The molecule has 0 aliphatic carbocycles. The zero-order valence-electron chi connectivity index (χ0n) is 8.70. The summed E-state index contributed by atoms with van der Waals surface area (Å²) in [6.07, 6.45) is 3.83. The number of rotatable bonds is 3. The predicted octanol–water partition coefficient (Wildman–Crippen LogP) is 2.76. The Hall–Kier alpha value is -0.990. The highest BCUT2D eigenvalue weighted by molar-refractivity contribution is 6.31. The van der Waals surface area contributed by atoms with Crippen molar-refractivity contribution in [3.05, 3.63) is 35.0 Å². The van der Waals surface area contributed by atoms with Gasteiger partial charge >= 0.3 is 0 Å². The van der Waals surface area contributed by atoms with Crippen LogP contribution in [0.15, 0.2) is 24.4 Å². The first-order valence-electron chi connectivity index (χ1n) is 5.06. The molecule has 2 nitrogen and oxygen atoms in total. The van der Waals surface area contributed by atoms with Crippen LogP contribution in [0.4, 0.5) is 0 Å². The van der Waals surface area contributed by atoms with Crippen LogP contribution in [0.1, 0.15) is 12.0 Å². The zero-order valence-corrected chi connectivity index (χ0v) is 9.46. The second-order valence-electron chi connectivity index (χ2n) is 3.75. The van der Waals surface area contributed by atoms with Crippen LogP contribution in [0.3, 0.4) is 0 Å². The first-order chi connectivity index (χ1) is 7.22. The van der Waals surface area contributed by atoms with E-state index in [1.165, 1.54) is 10.9 Å². The summed E-state index contributed by atoms with van der Waals surface area (Å²) >= 11 is 5.95. The zero-order chi connectivity index (χ0) is 10.8. The molecule has 1 N–H and O–H groups in total. The third-order valence-corrected chi connectivity index (χ3v) is 2.87. The molecule has 0 amide bonds. The minimum atomic E-state index is 0.240. The molecule has 0 radical (unpaired) electrons. The monoisotopic (exact) mass is 223 g/mol. The highest BCUT2D eigenvalue weighted by Crippen LogP contribution is 2.24. The number of hydrogen-bond acceptors (Lipinski definition) is 1. The molecule has 2 rings (SSSR count). The second kappa shape index (κ2) is 4.25. The van der Waals surface area contributed by atoms with E-state index in [9.17, 15) is 0 Å². The van der Waals surface area contributed by atoms with Crippen molar-refractivity contribution in [2.45, 2.75) is 12.8 Å². The Morgan fingerprint density at radius 1 is 1.40 bits per heavy atom. The lowest BCUT2D eigenvalue weighted by atomic mass is 10.1. The van der Waals surface area contributed by atoms with E-state index in [4.69, 9.17) is 16.7 Å². The van der Waals surface area contributed by atoms with Crippen LogP contribution < -0.4 is 0 Å². The minimum absolute atomic E-state index is 0.240. The number of nitrogens with zero attached hydrogens (tertiary/aromatic N) is 1. The van der Waals surface area contributed by atoms with Gasteiger partial charge in [0.1, 0.15) is 0 Å². The third kappa shape index (κ3) is 2.01. The van der Waals surface area contributed by atoms with Crippen LogP contribution in [0.5, 0.6) is 0 Å². The lowest BCUT2D eigenvalue weighted by molar-refractivity contribution is 0.288. The molecule has 0 spiro atoms. The van der Waals surface area contributed by atoms with Gasteiger partial charge in [-0.25, -0.2) is 0 Å². The maximum absolute atomic E-state index is 8.82. The van der Waals surface area contributed by atoms with Crippen molar-refractivity contribution in [2.24, 2.45) is 7.05 Å². The molecule has 80 valence electrons. The van der Waals surface area contributed by atoms with E-state index in [2.05, 4.69) is 10.8 Å². The standard InChI is InChI=1S/C12H14ClNO/c1-14-8-9(3-2-6-15)11-5-4-10(13)7-12(11)14/h4-5,7-8,15H,2-3,6H2,1H3. The van der Waals surface area contributed by atoms with Crippen LogP contribution in [-0.2, 0) is 13.5 Å². The Balaban J connectivity index is 2.48. The lowest BCUT2D eigenvalue weighted by Gasteiger charge is -1.97. The van der Waals surface area contributed by atoms with E-state index >= 15 is 0 Å². The smallest absolute Gasteiger partial charge is 0.0495 e. The molecule has 0 unspecified atom stereocenters. The quantitative estimate of drug-likeness (QED) is 0.851. The lowest BCUT2D eigenvalue weighted by Crippen LogP contribution is -1.87. The Morgan fingerprint density at radius 3 is 2.93 bits per heavy atom. The molecule has 1 aromatic carbocycles. The van der Waals surface area contributed by atoms with Gasteiger partial charge in [0, 0.05) is 35.8 Å². The van der Waals surface area contributed by atoms with Crippen molar-refractivity contribution in [2.75, 3.05) is 6.61 Å². The van der Waals surface area contributed by atoms with Crippen LogP contribution in [-0.4, -0.2) is 16.3 Å². The van der Waals surface area contributed by atoms with Gasteiger partial charge < -0.3 is 9.67 Å². The summed E-state index contributed by atoms with van der Waals surface area (Å²) in [5.74, 6) is 0. The predicted molar refractivity (Wildman–Crippen MR) is 63.3 cm³/mol. The SMILES string of the molecule is Cn1cc(CCCO)c2ccc(Cl)cc21. The van der Waals surface area contributed by atoms with E-state index in [0.29, 0.717) is 0 Å². The van der Waals surface area contributed by atoms with Crippen molar-refractivity contribution in [3.63, 3.8) is 0 Å². The average Bonchev–Trinajstić information content (AvgIpc) is 2.53. The average molecular weight is 224 g/mol. The molecule has 0 bridgehead atoms. The number of benzene rings is 1. The molecule has 0 aliphatic rings. The van der Waals surface area contributed by atoms with Crippen molar-refractivity contribution in [3.8, 4) is 0 Å². The molecule has 1 heterocycles. The third-order valence-electron chi connectivity index (χ3n) is 2.64. The molecule has 1 aromatic heterocycles. The van der Waals surface area contributed by atoms with Gasteiger partial charge in [-0.2, -0.15) is 0 Å². The van der Waals surface area contributed by atoms with Crippen LogP contribution in [0, 0.1) is 0 Å². The molecule has 0 saturated carbocycles. The van der Waals surface area contributed by atoms with Crippen molar-refractivity contribution in [1.29, 1.82) is 0 Å². The normalized spacial score (nSPS) is 11.1. The van der Waals surface area contributed by atoms with Gasteiger partial charge in [-0.1, -0.05) is 17.7 Å². The number of aliphatic hydroxyl groups excluding tert-OH is 1.